The van der Waals surface area contributed by atoms with Crippen LogP contribution < -0.4 is 0 Å². The molecule has 3 aliphatic rings. The Morgan fingerprint density at radius 2 is 1.49 bits per heavy atom. The Bertz CT molecular complexity index is 776. The second-order valence-electron chi connectivity index (χ2n) is 8.61. The van der Waals surface area contributed by atoms with E-state index in [-0.39, 0.29) is 5.60 Å². The summed E-state index contributed by atoms with van der Waals surface area (Å²) in [4.78, 5) is 23.0. The first kappa shape index (κ1) is 28.9. The predicted octanol–water partition coefficient (Wildman–Crippen LogP) is 3.77. The zero-order chi connectivity index (χ0) is 26.3. The summed E-state index contributed by atoms with van der Waals surface area (Å²) < 4.78 is 74.9. The molecule has 1 aromatic rings. The third-order valence-electron chi connectivity index (χ3n) is 6.09. The van der Waals surface area contributed by atoms with E-state index in [0.29, 0.717) is 6.04 Å². The standard InChI is InChI=1S/C17H26N2O2.2C2HF3O2/c1-2-7-19(6-1)16-11-17(21-14-16)4-8-18(9-5-17)12-15-3-10-20-13-15;2*3-2(4,5)1(6)7/h3,10,13,16H,1-2,4-9,11-12,14H2;2*(H,6,7). The number of carboxylic acid groups (broad SMARTS) is 2. The summed E-state index contributed by atoms with van der Waals surface area (Å²) in [7, 11) is 0. The number of carboxylic acids is 2. The number of rotatable bonds is 3. The zero-order valence-electron chi connectivity index (χ0n) is 18.8. The van der Waals surface area contributed by atoms with E-state index in [9.17, 15) is 26.3 Å². The van der Waals surface area contributed by atoms with E-state index in [1.807, 2.05) is 6.26 Å². The van der Waals surface area contributed by atoms with Crippen LogP contribution in [0.5, 0.6) is 0 Å². The Morgan fingerprint density at radius 3 is 1.91 bits per heavy atom. The van der Waals surface area contributed by atoms with Crippen LogP contribution in [0, 0.1) is 0 Å². The third-order valence-corrected chi connectivity index (χ3v) is 6.09. The maximum absolute atomic E-state index is 10.6. The maximum Gasteiger partial charge on any atom is 0.490 e. The molecule has 8 nitrogen and oxygen atoms in total. The highest BCUT2D eigenvalue weighted by Gasteiger charge is 2.44. The Kier molecular flexibility index (Phi) is 9.98. The molecule has 3 fully saturated rings. The summed E-state index contributed by atoms with van der Waals surface area (Å²) in [5, 5.41) is 14.2. The molecule has 1 aromatic heterocycles. The molecule has 35 heavy (non-hydrogen) atoms. The summed E-state index contributed by atoms with van der Waals surface area (Å²) in [6.45, 7) is 6.85. The summed E-state index contributed by atoms with van der Waals surface area (Å²) in [6, 6.07) is 2.76. The Balaban J connectivity index is 0.000000257. The maximum atomic E-state index is 10.6. The van der Waals surface area contributed by atoms with Gasteiger partial charge in [0, 0.05) is 31.2 Å². The minimum Gasteiger partial charge on any atom is -0.475 e. The first-order chi connectivity index (χ1) is 16.2. The van der Waals surface area contributed by atoms with Gasteiger partial charge >= 0.3 is 24.3 Å². The van der Waals surface area contributed by atoms with Gasteiger partial charge in [0.1, 0.15) is 0 Å². The van der Waals surface area contributed by atoms with Crippen molar-refractivity contribution in [2.24, 2.45) is 0 Å². The number of piperidine rings is 1. The van der Waals surface area contributed by atoms with Crippen LogP contribution in [-0.4, -0.2) is 88.7 Å². The molecule has 1 unspecified atom stereocenters. The first-order valence-electron chi connectivity index (χ1n) is 10.9. The fourth-order valence-corrected chi connectivity index (χ4v) is 4.27. The molecule has 3 aliphatic heterocycles. The van der Waals surface area contributed by atoms with E-state index < -0.39 is 24.3 Å². The van der Waals surface area contributed by atoms with Crippen molar-refractivity contribution in [3.05, 3.63) is 24.2 Å². The van der Waals surface area contributed by atoms with Crippen molar-refractivity contribution >= 4 is 11.9 Å². The number of furan rings is 1. The minimum atomic E-state index is -5.08. The highest BCUT2D eigenvalue weighted by Crippen LogP contribution is 2.38. The van der Waals surface area contributed by atoms with Gasteiger partial charge in [0.25, 0.3) is 0 Å². The van der Waals surface area contributed by atoms with E-state index in [4.69, 9.17) is 29.0 Å². The Morgan fingerprint density at radius 1 is 0.971 bits per heavy atom. The van der Waals surface area contributed by atoms with Crippen LogP contribution in [-0.2, 0) is 20.9 Å². The number of hydrogen-bond donors (Lipinski definition) is 2. The molecule has 4 heterocycles. The van der Waals surface area contributed by atoms with E-state index in [0.717, 1.165) is 26.2 Å². The van der Waals surface area contributed by atoms with Crippen LogP contribution in [0.3, 0.4) is 0 Å². The van der Waals surface area contributed by atoms with Gasteiger partial charge in [-0.05, 0) is 51.3 Å². The van der Waals surface area contributed by atoms with Gasteiger partial charge in [0.05, 0.1) is 24.7 Å². The number of carbonyl (C=O) groups is 2. The molecule has 4 rings (SSSR count). The van der Waals surface area contributed by atoms with Gasteiger partial charge in [-0.25, -0.2) is 9.59 Å². The molecular weight excluding hydrogens is 490 g/mol. The van der Waals surface area contributed by atoms with Gasteiger partial charge in [0.15, 0.2) is 0 Å². The first-order valence-corrected chi connectivity index (χ1v) is 10.9. The van der Waals surface area contributed by atoms with Crippen molar-refractivity contribution in [2.75, 3.05) is 32.8 Å². The number of ether oxygens (including phenoxy) is 1. The molecule has 200 valence electrons. The highest BCUT2D eigenvalue weighted by molar-refractivity contribution is 5.73. The quantitative estimate of drug-likeness (QED) is 0.584. The zero-order valence-corrected chi connectivity index (χ0v) is 18.8. The molecule has 0 radical (unpaired) electrons. The topological polar surface area (TPSA) is 103 Å². The van der Waals surface area contributed by atoms with Crippen molar-refractivity contribution in [1.29, 1.82) is 0 Å². The lowest BCUT2D eigenvalue weighted by molar-refractivity contribution is -0.193. The SMILES string of the molecule is O=C(O)C(F)(F)F.O=C(O)C(F)(F)F.c1cc(CN2CCC3(CC2)CC(N2CCCC2)CO3)co1. The van der Waals surface area contributed by atoms with Gasteiger partial charge in [0.2, 0.25) is 0 Å². The monoisotopic (exact) mass is 518 g/mol. The van der Waals surface area contributed by atoms with E-state index in [1.165, 1.54) is 50.8 Å². The number of aliphatic carboxylic acids is 2. The van der Waals surface area contributed by atoms with Gasteiger partial charge < -0.3 is 19.4 Å². The lowest BCUT2D eigenvalue weighted by Crippen LogP contribution is -2.44. The van der Waals surface area contributed by atoms with Crippen molar-refractivity contribution in [1.82, 2.24) is 9.80 Å². The molecule has 3 saturated heterocycles. The van der Waals surface area contributed by atoms with E-state index in [1.54, 1.807) is 6.26 Å². The molecule has 1 spiro atoms. The number of hydrogen-bond acceptors (Lipinski definition) is 6. The van der Waals surface area contributed by atoms with Gasteiger partial charge in [-0.15, -0.1) is 0 Å². The average Bonchev–Trinajstić information content (AvgIpc) is 3.52. The van der Waals surface area contributed by atoms with Crippen LogP contribution in [0.15, 0.2) is 23.0 Å². The summed E-state index contributed by atoms with van der Waals surface area (Å²) in [5.74, 6) is -5.51. The fraction of sp³-hybridized carbons (Fsp3) is 0.714. The minimum absolute atomic E-state index is 0.181. The van der Waals surface area contributed by atoms with Gasteiger partial charge in [-0.1, -0.05) is 0 Å². The summed E-state index contributed by atoms with van der Waals surface area (Å²) in [5.41, 5.74) is 1.47. The highest BCUT2D eigenvalue weighted by atomic mass is 19.4. The molecule has 1 atom stereocenters. The molecule has 0 aliphatic carbocycles. The molecule has 0 amide bonds. The number of nitrogens with zero attached hydrogens (tertiary/aromatic N) is 2. The summed E-state index contributed by atoms with van der Waals surface area (Å²) >= 11 is 0. The van der Waals surface area contributed by atoms with E-state index >= 15 is 0 Å². The second kappa shape index (κ2) is 12.1. The lowest BCUT2D eigenvalue weighted by atomic mass is 9.87. The van der Waals surface area contributed by atoms with Crippen LogP contribution in [0.4, 0.5) is 26.3 Å². The van der Waals surface area contributed by atoms with Crippen LogP contribution in [0.25, 0.3) is 0 Å². The van der Waals surface area contributed by atoms with Gasteiger partial charge in [-0.2, -0.15) is 26.3 Å². The van der Waals surface area contributed by atoms with Crippen LogP contribution in [0.2, 0.25) is 0 Å². The number of likely N-dealkylation sites (tertiary alicyclic amines) is 2. The smallest absolute Gasteiger partial charge is 0.475 e. The fourth-order valence-electron chi connectivity index (χ4n) is 4.27. The molecule has 14 heteroatoms. The Labute approximate surface area is 197 Å². The molecule has 2 N–H and O–H groups in total. The van der Waals surface area contributed by atoms with Crippen LogP contribution in [0.1, 0.15) is 37.7 Å². The number of halogens is 6. The normalized spacial score (nSPS) is 22.7. The Hall–Kier alpha value is -2.32. The lowest BCUT2D eigenvalue weighted by Gasteiger charge is -2.38. The largest absolute Gasteiger partial charge is 0.490 e. The van der Waals surface area contributed by atoms with Crippen molar-refractivity contribution in [3.63, 3.8) is 0 Å². The number of alkyl halides is 6. The molecule has 0 bridgehead atoms. The molecular formula is C21H28F6N2O6. The molecule has 0 saturated carbocycles. The predicted molar refractivity (Wildman–Crippen MR) is 108 cm³/mol. The van der Waals surface area contributed by atoms with Crippen molar-refractivity contribution < 1.29 is 55.3 Å². The van der Waals surface area contributed by atoms with Crippen LogP contribution >= 0.6 is 0 Å². The average molecular weight is 518 g/mol. The third kappa shape index (κ3) is 9.33. The summed E-state index contributed by atoms with van der Waals surface area (Å²) in [6.07, 6.45) is -0.151. The van der Waals surface area contributed by atoms with E-state index in [2.05, 4.69) is 15.9 Å². The van der Waals surface area contributed by atoms with Gasteiger partial charge in [-0.3, -0.25) is 9.80 Å². The van der Waals surface area contributed by atoms with Crippen molar-refractivity contribution in [3.8, 4) is 0 Å². The molecule has 0 aromatic carbocycles. The van der Waals surface area contributed by atoms with Crippen molar-refractivity contribution in [2.45, 2.75) is 62.6 Å². The second-order valence-corrected chi connectivity index (χ2v) is 8.61.